The predicted octanol–water partition coefficient (Wildman–Crippen LogP) is 3.56. The molecule has 0 radical (unpaired) electrons. The Hall–Kier alpha value is -2.36. The summed E-state index contributed by atoms with van der Waals surface area (Å²) in [5, 5.41) is 3.05. The Balaban J connectivity index is 1.48. The van der Waals surface area contributed by atoms with Crippen molar-refractivity contribution in [2.45, 2.75) is 31.7 Å². The summed E-state index contributed by atoms with van der Waals surface area (Å²) in [4.78, 5) is 18.7. The molecule has 1 aliphatic heterocycles. The van der Waals surface area contributed by atoms with Crippen molar-refractivity contribution in [2.75, 3.05) is 13.1 Å². The van der Waals surface area contributed by atoms with Crippen LogP contribution < -0.4 is 5.32 Å². The molecule has 2 aromatic rings. The topological polar surface area (TPSA) is 45.2 Å². The van der Waals surface area contributed by atoms with Crippen molar-refractivity contribution in [3.63, 3.8) is 0 Å². The Bertz CT molecular complexity index is 615. The Kier molecular flexibility index (Phi) is 5.25. The fourth-order valence-electron chi connectivity index (χ4n) is 3.14. The van der Waals surface area contributed by atoms with E-state index in [2.05, 4.69) is 22.4 Å². The quantitative estimate of drug-likeness (QED) is 0.858. The Morgan fingerprint density at radius 2 is 2.00 bits per heavy atom. The molecule has 1 fully saturated rings. The molecular weight excluding hydrogens is 286 g/mol. The number of hydrogen-bond acceptors (Lipinski definition) is 2. The van der Waals surface area contributed by atoms with Gasteiger partial charge in [-0.15, -0.1) is 0 Å². The number of amides is 2. The van der Waals surface area contributed by atoms with Crippen molar-refractivity contribution in [3.8, 4) is 0 Å². The van der Waals surface area contributed by atoms with Gasteiger partial charge in [0.1, 0.15) is 0 Å². The van der Waals surface area contributed by atoms with E-state index in [-0.39, 0.29) is 12.1 Å². The Morgan fingerprint density at radius 1 is 1.17 bits per heavy atom. The van der Waals surface area contributed by atoms with E-state index in [1.54, 1.807) is 0 Å². The molecular formula is C19H23N3O. The molecule has 0 spiro atoms. The van der Waals surface area contributed by atoms with E-state index in [0.717, 1.165) is 37.9 Å². The summed E-state index contributed by atoms with van der Waals surface area (Å²) in [5.74, 6) is 0. The average Bonchev–Trinajstić information content (AvgIpc) is 3.10. The van der Waals surface area contributed by atoms with Crippen LogP contribution in [0.2, 0.25) is 0 Å². The molecule has 23 heavy (non-hydrogen) atoms. The van der Waals surface area contributed by atoms with Crippen LogP contribution in [0, 0.1) is 0 Å². The van der Waals surface area contributed by atoms with E-state index in [9.17, 15) is 4.79 Å². The van der Waals surface area contributed by atoms with Gasteiger partial charge in [0, 0.05) is 25.0 Å². The summed E-state index contributed by atoms with van der Waals surface area (Å²) >= 11 is 0. The second kappa shape index (κ2) is 7.77. The number of likely N-dealkylation sites (tertiary alicyclic amines) is 1. The highest BCUT2D eigenvalue weighted by Crippen LogP contribution is 2.31. The number of benzene rings is 1. The fourth-order valence-corrected chi connectivity index (χ4v) is 3.14. The minimum absolute atomic E-state index is 0.0531. The molecule has 2 heterocycles. The van der Waals surface area contributed by atoms with E-state index in [4.69, 9.17) is 0 Å². The van der Waals surface area contributed by atoms with Gasteiger partial charge in [-0.05, 0) is 43.4 Å². The summed E-state index contributed by atoms with van der Waals surface area (Å²) in [7, 11) is 0. The first-order valence-electron chi connectivity index (χ1n) is 8.34. The molecule has 4 heteroatoms. The summed E-state index contributed by atoms with van der Waals surface area (Å²) in [6.45, 7) is 1.53. The van der Waals surface area contributed by atoms with Gasteiger partial charge in [0.05, 0.1) is 6.04 Å². The summed E-state index contributed by atoms with van der Waals surface area (Å²) in [5.41, 5.74) is 2.30. The van der Waals surface area contributed by atoms with Gasteiger partial charge in [-0.3, -0.25) is 4.98 Å². The minimum atomic E-state index is 0.0531. The minimum Gasteiger partial charge on any atom is -0.338 e. The van der Waals surface area contributed by atoms with Gasteiger partial charge in [0.2, 0.25) is 0 Å². The number of nitrogens with one attached hydrogen (secondary N) is 1. The van der Waals surface area contributed by atoms with Crippen LogP contribution in [0.4, 0.5) is 4.79 Å². The molecule has 1 N–H and O–H groups in total. The predicted molar refractivity (Wildman–Crippen MR) is 91.1 cm³/mol. The highest BCUT2D eigenvalue weighted by molar-refractivity contribution is 5.75. The number of nitrogens with zero attached hydrogens (tertiary/aromatic N) is 2. The number of urea groups is 1. The molecule has 120 valence electrons. The second-order valence-electron chi connectivity index (χ2n) is 5.92. The van der Waals surface area contributed by atoms with Crippen molar-refractivity contribution in [1.29, 1.82) is 0 Å². The fraction of sp³-hybridized carbons (Fsp3) is 0.368. The zero-order chi connectivity index (χ0) is 15.9. The van der Waals surface area contributed by atoms with Gasteiger partial charge < -0.3 is 10.2 Å². The SMILES string of the molecule is O=C(NCCCc1ccccn1)N1CCCC1c1ccccc1. The third kappa shape index (κ3) is 4.09. The number of pyridine rings is 1. The number of rotatable bonds is 5. The van der Waals surface area contributed by atoms with Crippen LogP contribution in [0.15, 0.2) is 54.7 Å². The molecule has 0 bridgehead atoms. The summed E-state index contributed by atoms with van der Waals surface area (Å²) in [6.07, 6.45) is 5.73. The first kappa shape index (κ1) is 15.5. The van der Waals surface area contributed by atoms with Crippen LogP contribution >= 0.6 is 0 Å². The van der Waals surface area contributed by atoms with Gasteiger partial charge in [-0.1, -0.05) is 36.4 Å². The van der Waals surface area contributed by atoms with E-state index < -0.39 is 0 Å². The average molecular weight is 309 g/mol. The smallest absolute Gasteiger partial charge is 0.317 e. The maximum absolute atomic E-state index is 12.4. The number of hydrogen-bond donors (Lipinski definition) is 1. The maximum Gasteiger partial charge on any atom is 0.317 e. The van der Waals surface area contributed by atoms with Crippen molar-refractivity contribution in [1.82, 2.24) is 15.2 Å². The lowest BCUT2D eigenvalue weighted by Crippen LogP contribution is -2.40. The molecule has 0 saturated carbocycles. The van der Waals surface area contributed by atoms with E-state index in [0.29, 0.717) is 6.54 Å². The zero-order valence-corrected chi connectivity index (χ0v) is 13.3. The van der Waals surface area contributed by atoms with Crippen LogP contribution in [-0.4, -0.2) is 29.0 Å². The van der Waals surface area contributed by atoms with Gasteiger partial charge in [-0.25, -0.2) is 4.79 Å². The van der Waals surface area contributed by atoms with Gasteiger partial charge in [0.15, 0.2) is 0 Å². The van der Waals surface area contributed by atoms with Crippen LogP contribution in [-0.2, 0) is 6.42 Å². The molecule has 3 rings (SSSR count). The third-order valence-electron chi connectivity index (χ3n) is 4.31. The molecule has 1 aromatic heterocycles. The molecule has 1 aliphatic rings. The van der Waals surface area contributed by atoms with Crippen LogP contribution in [0.5, 0.6) is 0 Å². The standard InChI is InChI=1S/C19H23N3O/c23-19(21-14-6-11-17-10-4-5-13-20-17)22-15-7-12-18(22)16-8-2-1-3-9-16/h1-5,8-10,13,18H,6-7,11-12,14-15H2,(H,21,23). The van der Waals surface area contributed by atoms with Crippen LogP contribution in [0.1, 0.15) is 36.6 Å². The monoisotopic (exact) mass is 309 g/mol. The van der Waals surface area contributed by atoms with Crippen molar-refractivity contribution in [2.24, 2.45) is 0 Å². The molecule has 1 saturated heterocycles. The van der Waals surface area contributed by atoms with Gasteiger partial charge in [0.25, 0.3) is 0 Å². The Labute approximate surface area is 137 Å². The first-order chi connectivity index (χ1) is 11.3. The highest BCUT2D eigenvalue weighted by atomic mass is 16.2. The molecule has 0 aliphatic carbocycles. The lowest BCUT2D eigenvalue weighted by molar-refractivity contribution is 0.193. The van der Waals surface area contributed by atoms with E-state index in [1.165, 1.54) is 5.56 Å². The highest BCUT2D eigenvalue weighted by Gasteiger charge is 2.29. The maximum atomic E-state index is 12.4. The molecule has 1 unspecified atom stereocenters. The number of carbonyl (C=O) groups excluding carboxylic acids is 1. The van der Waals surface area contributed by atoms with E-state index >= 15 is 0 Å². The first-order valence-corrected chi connectivity index (χ1v) is 8.34. The number of aryl methyl sites for hydroxylation is 1. The van der Waals surface area contributed by atoms with Crippen LogP contribution in [0.25, 0.3) is 0 Å². The summed E-state index contributed by atoms with van der Waals surface area (Å²) in [6, 6.07) is 16.5. The van der Waals surface area contributed by atoms with Crippen molar-refractivity contribution >= 4 is 6.03 Å². The zero-order valence-electron chi connectivity index (χ0n) is 13.3. The summed E-state index contributed by atoms with van der Waals surface area (Å²) < 4.78 is 0. The van der Waals surface area contributed by atoms with Crippen molar-refractivity contribution in [3.05, 3.63) is 66.0 Å². The van der Waals surface area contributed by atoms with Crippen molar-refractivity contribution < 1.29 is 4.79 Å². The third-order valence-corrected chi connectivity index (χ3v) is 4.31. The number of aromatic nitrogens is 1. The second-order valence-corrected chi connectivity index (χ2v) is 5.92. The Morgan fingerprint density at radius 3 is 2.78 bits per heavy atom. The van der Waals surface area contributed by atoms with Gasteiger partial charge in [-0.2, -0.15) is 0 Å². The molecule has 1 atom stereocenters. The molecule has 1 aromatic carbocycles. The molecule has 2 amide bonds. The van der Waals surface area contributed by atoms with Gasteiger partial charge >= 0.3 is 6.03 Å². The molecule has 4 nitrogen and oxygen atoms in total. The van der Waals surface area contributed by atoms with E-state index in [1.807, 2.05) is 47.5 Å². The largest absolute Gasteiger partial charge is 0.338 e. The van der Waals surface area contributed by atoms with Crippen LogP contribution in [0.3, 0.4) is 0 Å². The normalized spacial score (nSPS) is 17.2. The number of carbonyl (C=O) groups is 1. The lowest BCUT2D eigenvalue weighted by Gasteiger charge is -2.25. The lowest BCUT2D eigenvalue weighted by atomic mass is 10.1.